The first-order valence-corrected chi connectivity index (χ1v) is 5.92. The van der Waals surface area contributed by atoms with Gasteiger partial charge < -0.3 is 15.0 Å². The number of nitrogens with two attached hydrogens (primary N) is 1. The summed E-state index contributed by atoms with van der Waals surface area (Å²) in [5, 5.41) is 0.974. The number of hydrogen-bond donors (Lipinski definition) is 1. The molecule has 0 aliphatic carbocycles. The van der Waals surface area contributed by atoms with Gasteiger partial charge in [0.1, 0.15) is 13.3 Å². The molecule has 0 unspecified atom stereocenters. The molecule has 104 valence electrons. The van der Waals surface area contributed by atoms with Crippen LogP contribution in [0, 0.1) is 0 Å². The van der Waals surface area contributed by atoms with Crippen molar-refractivity contribution >= 4 is 10.9 Å². The minimum absolute atomic E-state index is 0.120. The Bertz CT molecular complexity index is 548. The van der Waals surface area contributed by atoms with Crippen LogP contribution in [0.3, 0.4) is 0 Å². The molecule has 1 aromatic heterocycles. The lowest BCUT2D eigenvalue weighted by atomic mass is 10.1. The highest BCUT2D eigenvalue weighted by Crippen LogP contribution is 2.21. The summed E-state index contributed by atoms with van der Waals surface area (Å²) in [5.74, 6) is 0. The van der Waals surface area contributed by atoms with Gasteiger partial charge in [0.15, 0.2) is 0 Å². The Morgan fingerprint density at radius 1 is 1.21 bits per heavy atom. The number of nitrogens with zero attached hydrogens (tertiary/aromatic N) is 1. The normalized spacial score (nSPS) is 12.2. The number of ether oxygens (including phenoxy) is 1. The second-order valence-electron chi connectivity index (χ2n) is 4.27. The number of para-hydroxylation sites is 1. The summed E-state index contributed by atoms with van der Waals surface area (Å²) in [5.41, 5.74) is 7.44. The van der Waals surface area contributed by atoms with E-state index in [-0.39, 0.29) is 6.73 Å². The van der Waals surface area contributed by atoms with Crippen molar-refractivity contribution < 1.29 is 17.9 Å². The van der Waals surface area contributed by atoms with Crippen LogP contribution in [0.25, 0.3) is 10.9 Å². The summed E-state index contributed by atoms with van der Waals surface area (Å²) in [4.78, 5) is 0. The van der Waals surface area contributed by atoms with Crippen LogP contribution in [0.4, 0.5) is 13.2 Å². The highest BCUT2D eigenvalue weighted by atomic mass is 19.4. The standard InChI is InChI=1S/C13H15F3N2O/c14-13(15,16)8-19-9-18-7-5-11-3-1-2-10(4-6-17)12(11)18/h1-3,5,7H,4,6,8-9,17H2. The summed E-state index contributed by atoms with van der Waals surface area (Å²) >= 11 is 0. The molecule has 0 saturated heterocycles. The van der Waals surface area contributed by atoms with Crippen LogP contribution in [0.1, 0.15) is 5.56 Å². The zero-order chi connectivity index (χ0) is 13.9. The van der Waals surface area contributed by atoms with Gasteiger partial charge in [0.05, 0.1) is 5.52 Å². The van der Waals surface area contributed by atoms with Crippen molar-refractivity contribution in [2.45, 2.75) is 19.3 Å². The number of hydrogen-bond acceptors (Lipinski definition) is 2. The average molecular weight is 272 g/mol. The lowest BCUT2D eigenvalue weighted by Crippen LogP contribution is -2.18. The Balaban J connectivity index is 2.19. The molecular formula is C13H15F3N2O. The molecule has 0 fully saturated rings. The van der Waals surface area contributed by atoms with Gasteiger partial charge in [-0.15, -0.1) is 0 Å². The monoisotopic (exact) mass is 272 g/mol. The van der Waals surface area contributed by atoms with Crippen molar-refractivity contribution in [1.82, 2.24) is 4.57 Å². The van der Waals surface area contributed by atoms with Crippen molar-refractivity contribution in [3.63, 3.8) is 0 Å². The lowest BCUT2D eigenvalue weighted by molar-refractivity contribution is -0.181. The molecule has 2 N–H and O–H groups in total. The van der Waals surface area contributed by atoms with Crippen LogP contribution in [0.5, 0.6) is 0 Å². The van der Waals surface area contributed by atoms with Crippen LogP contribution < -0.4 is 5.73 Å². The Morgan fingerprint density at radius 2 is 2.00 bits per heavy atom. The molecule has 0 bridgehead atoms. The molecule has 0 amide bonds. The molecule has 0 saturated carbocycles. The maximum Gasteiger partial charge on any atom is 0.411 e. The average Bonchev–Trinajstić information content (AvgIpc) is 2.73. The topological polar surface area (TPSA) is 40.2 Å². The van der Waals surface area contributed by atoms with E-state index in [0.717, 1.165) is 16.5 Å². The maximum absolute atomic E-state index is 12.0. The largest absolute Gasteiger partial charge is 0.411 e. The number of benzene rings is 1. The van der Waals surface area contributed by atoms with Gasteiger partial charge in [0.2, 0.25) is 0 Å². The zero-order valence-corrected chi connectivity index (χ0v) is 10.3. The van der Waals surface area contributed by atoms with Crippen molar-refractivity contribution in [3.05, 3.63) is 36.0 Å². The van der Waals surface area contributed by atoms with E-state index in [1.54, 1.807) is 10.8 Å². The van der Waals surface area contributed by atoms with E-state index in [4.69, 9.17) is 10.5 Å². The summed E-state index contributed by atoms with van der Waals surface area (Å²) in [7, 11) is 0. The van der Waals surface area contributed by atoms with Crippen molar-refractivity contribution in [1.29, 1.82) is 0 Å². The third kappa shape index (κ3) is 3.48. The summed E-state index contributed by atoms with van der Waals surface area (Å²) in [6.07, 6.45) is -1.90. The highest BCUT2D eigenvalue weighted by Gasteiger charge is 2.27. The highest BCUT2D eigenvalue weighted by molar-refractivity contribution is 5.83. The Kier molecular flexibility index (Phi) is 4.11. The molecule has 0 radical (unpaired) electrons. The van der Waals surface area contributed by atoms with Gasteiger partial charge in [0.25, 0.3) is 0 Å². The molecule has 1 aromatic carbocycles. The fourth-order valence-electron chi connectivity index (χ4n) is 2.07. The molecule has 19 heavy (non-hydrogen) atoms. The fraction of sp³-hybridized carbons (Fsp3) is 0.385. The molecule has 2 rings (SSSR count). The zero-order valence-electron chi connectivity index (χ0n) is 10.3. The van der Waals surface area contributed by atoms with Crippen LogP contribution in [-0.4, -0.2) is 23.9 Å². The first kappa shape index (κ1) is 13.9. The smallest absolute Gasteiger partial charge is 0.351 e. The van der Waals surface area contributed by atoms with Gasteiger partial charge in [-0.25, -0.2) is 0 Å². The summed E-state index contributed by atoms with van der Waals surface area (Å²) < 4.78 is 42.5. The minimum Gasteiger partial charge on any atom is -0.351 e. The third-order valence-corrected chi connectivity index (χ3v) is 2.78. The molecule has 1 heterocycles. The number of alkyl halides is 3. The predicted molar refractivity (Wildman–Crippen MR) is 66.7 cm³/mol. The van der Waals surface area contributed by atoms with E-state index in [0.29, 0.717) is 13.0 Å². The Morgan fingerprint density at radius 3 is 2.68 bits per heavy atom. The quantitative estimate of drug-likeness (QED) is 0.909. The predicted octanol–water partition coefficient (Wildman–Crippen LogP) is 2.68. The van der Waals surface area contributed by atoms with Crippen LogP contribution >= 0.6 is 0 Å². The van der Waals surface area contributed by atoms with Gasteiger partial charge in [-0.3, -0.25) is 0 Å². The van der Waals surface area contributed by atoms with Crippen LogP contribution in [-0.2, 0) is 17.9 Å². The molecule has 0 aliphatic rings. The van der Waals surface area contributed by atoms with E-state index in [1.807, 2.05) is 24.3 Å². The van der Waals surface area contributed by atoms with Gasteiger partial charge >= 0.3 is 6.18 Å². The molecule has 2 aromatic rings. The van der Waals surface area contributed by atoms with Gasteiger partial charge in [-0.05, 0) is 30.0 Å². The first-order valence-electron chi connectivity index (χ1n) is 5.92. The summed E-state index contributed by atoms with van der Waals surface area (Å²) in [6.45, 7) is -0.871. The second kappa shape index (κ2) is 5.63. The summed E-state index contributed by atoms with van der Waals surface area (Å²) in [6, 6.07) is 7.60. The Labute approximate surface area is 108 Å². The van der Waals surface area contributed by atoms with Crippen LogP contribution in [0.2, 0.25) is 0 Å². The second-order valence-corrected chi connectivity index (χ2v) is 4.27. The Hall–Kier alpha value is -1.53. The maximum atomic E-state index is 12.0. The SMILES string of the molecule is NCCc1cccc2ccn(COCC(F)(F)F)c12. The van der Waals surface area contributed by atoms with Gasteiger partial charge in [-0.1, -0.05) is 18.2 Å². The third-order valence-electron chi connectivity index (χ3n) is 2.78. The molecule has 3 nitrogen and oxygen atoms in total. The molecule has 0 atom stereocenters. The number of rotatable bonds is 5. The van der Waals surface area contributed by atoms with Crippen molar-refractivity contribution in [2.24, 2.45) is 5.73 Å². The molecule has 0 aliphatic heterocycles. The van der Waals surface area contributed by atoms with Crippen molar-refractivity contribution in [2.75, 3.05) is 13.2 Å². The van der Waals surface area contributed by atoms with E-state index in [2.05, 4.69) is 0 Å². The molecule has 6 heteroatoms. The number of halogens is 3. The van der Waals surface area contributed by atoms with Gasteiger partial charge in [-0.2, -0.15) is 13.2 Å². The molecular weight excluding hydrogens is 257 g/mol. The fourth-order valence-corrected chi connectivity index (χ4v) is 2.07. The van der Waals surface area contributed by atoms with Crippen molar-refractivity contribution in [3.8, 4) is 0 Å². The minimum atomic E-state index is -4.30. The van der Waals surface area contributed by atoms with Crippen LogP contribution in [0.15, 0.2) is 30.5 Å². The molecule has 0 spiro atoms. The van der Waals surface area contributed by atoms with E-state index >= 15 is 0 Å². The van der Waals surface area contributed by atoms with Gasteiger partial charge in [0, 0.05) is 6.20 Å². The first-order chi connectivity index (χ1) is 9.01. The number of aromatic nitrogens is 1. The van der Waals surface area contributed by atoms with E-state index in [9.17, 15) is 13.2 Å². The lowest BCUT2D eigenvalue weighted by Gasteiger charge is -2.11. The number of fused-ring (bicyclic) bond motifs is 1. The van der Waals surface area contributed by atoms with E-state index < -0.39 is 12.8 Å². The van der Waals surface area contributed by atoms with E-state index in [1.165, 1.54) is 0 Å².